The Bertz CT molecular complexity index is 1170. The molecule has 9 heteroatoms. The first-order valence-corrected chi connectivity index (χ1v) is 10.8. The van der Waals surface area contributed by atoms with Gasteiger partial charge in [-0.25, -0.2) is 0 Å². The van der Waals surface area contributed by atoms with Crippen LogP contribution in [-0.2, 0) is 0 Å². The van der Waals surface area contributed by atoms with E-state index in [9.17, 15) is 14.4 Å². The average molecular weight is 485 g/mol. The van der Waals surface area contributed by atoms with Crippen LogP contribution in [0.4, 0.5) is 5.13 Å². The van der Waals surface area contributed by atoms with Crippen molar-refractivity contribution < 1.29 is 14.4 Å². The topological polar surface area (TPSA) is 83.5 Å². The maximum absolute atomic E-state index is 13.0. The second-order valence-corrected chi connectivity index (χ2v) is 8.97. The van der Waals surface area contributed by atoms with Gasteiger partial charge in [-0.15, -0.1) is 10.2 Å². The Morgan fingerprint density at radius 3 is 2.37 bits per heavy atom. The van der Waals surface area contributed by atoms with Crippen LogP contribution in [0.25, 0.3) is 10.6 Å². The third-order valence-corrected chi connectivity index (χ3v) is 6.36. The molecular formula is C21H17BrN4O3S. The van der Waals surface area contributed by atoms with Crippen molar-refractivity contribution in [3.05, 3.63) is 63.6 Å². The molecule has 152 valence electrons. The lowest BCUT2D eigenvalue weighted by atomic mass is 10.1. The van der Waals surface area contributed by atoms with Crippen LogP contribution >= 0.6 is 27.3 Å². The van der Waals surface area contributed by atoms with E-state index in [1.807, 2.05) is 24.3 Å². The standard InChI is InChI=1S/C21H17BrN4O3S/c1-11(2)26-19(28)15-9-6-13(10-16(15)20(26)29)18(27)25(3)21-24-23-17(30-21)12-4-7-14(22)8-5-12/h4-11H,1-3H3. The third-order valence-electron chi connectivity index (χ3n) is 4.78. The fraction of sp³-hybridized carbons (Fsp3) is 0.190. The van der Waals surface area contributed by atoms with Crippen molar-refractivity contribution in [1.29, 1.82) is 0 Å². The van der Waals surface area contributed by atoms with Crippen LogP contribution in [0.1, 0.15) is 44.9 Å². The summed E-state index contributed by atoms with van der Waals surface area (Å²) in [7, 11) is 1.61. The molecule has 0 saturated carbocycles. The van der Waals surface area contributed by atoms with Gasteiger partial charge in [0.15, 0.2) is 0 Å². The number of rotatable bonds is 4. The number of hydrogen-bond donors (Lipinski definition) is 0. The quantitative estimate of drug-likeness (QED) is 0.516. The number of fused-ring (bicyclic) bond motifs is 1. The summed E-state index contributed by atoms with van der Waals surface area (Å²) >= 11 is 4.69. The maximum Gasteiger partial charge on any atom is 0.261 e. The zero-order valence-electron chi connectivity index (χ0n) is 16.4. The summed E-state index contributed by atoms with van der Waals surface area (Å²) in [4.78, 5) is 40.6. The fourth-order valence-corrected chi connectivity index (χ4v) is 4.28. The summed E-state index contributed by atoms with van der Waals surface area (Å²) < 4.78 is 0.962. The molecule has 0 saturated heterocycles. The molecule has 0 aliphatic carbocycles. The molecule has 0 unspecified atom stereocenters. The zero-order valence-corrected chi connectivity index (χ0v) is 18.8. The Balaban J connectivity index is 1.60. The highest BCUT2D eigenvalue weighted by molar-refractivity contribution is 9.10. The van der Waals surface area contributed by atoms with Gasteiger partial charge in [0.1, 0.15) is 5.01 Å². The van der Waals surface area contributed by atoms with Gasteiger partial charge in [-0.05, 0) is 44.2 Å². The third kappa shape index (κ3) is 3.44. The van der Waals surface area contributed by atoms with Gasteiger partial charge in [0.25, 0.3) is 17.7 Å². The van der Waals surface area contributed by atoms with Crippen LogP contribution in [0.15, 0.2) is 46.9 Å². The van der Waals surface area contributed by atoms with Gasteiger partial charge in [0, 0.05) is 28.7 Å². The van der Waals surface area contributed by atoms with Crippen molar-refractivity contribution in [2.45, 2.75) is 19.9 Å². The van der Waals surface area contributed by atoms with Crippen molar-refractivity contribution in [3.8, 4) is 10.6 Å². The van der Waals surface area contributed by atoms with E-state index in [1.54, 1.807) is 27.0 Å². The molecule has 30 heavy (non-hydrogen) atoms. The molecular weight excluding hydrogens is 468 g/mol. The highest BCUT2D eigenvalue weighted by Gasteiger charge is 2.37. The van der Waals surface area contributed by atoms with Gasteiger partial charge in [-0.3, -0.25) is 24.2 Å². The van der Waals surface area contributed by atoms with E-state index < -0.39 is 0 Å². The lowest BCUT2D eigenvalue weighted by Gasteiger charge is -2.17. The first-order valence-electron chi connectivity index (χ1n) is 9.17. The lowest BCUT2D eigenvalue weighted by Crippen LogP contribution is -2.35. The van der Waals surface area contributed by atoms with Crippen LogP contribution in [0, 0.1) is 0 Å². The van der Waals surface area contributed by atoms with Crippen LogP contribution in [-0.4, -0.2) is 45.9 Å². The number of hydrogen-bond acceptors (Lipinski definition) is 6. The highest BCUT2D eigenvalue weighted by Crippen LogP contribution is 2.31. The van der Waals surface area contributed by atoms with E-state index in [4.69, 9.17) is 0 Å². The van der Waals surface area contributed by atoms with Crippen molar-refractivity contribution in [3.63, 3.8) is 0 Å². The molecule has 0 spiro atoms. The second-order valence-electron chi connectivity index (χ2n) is 7.10. The second kappa shape index (κ2) is 7.73. The minimum absolute atomic E-state index is 0.251. The van der Waals surface area contributed by atoms with E-state index in [0.717, 1.165) is 10.0 Å². The van der Waals surface area contributed by atoms with Crippen molar-refractivity contribution in [2.24, 2.45) is 0 Å². The van der Waals surface area contributed by atoms with Gasteiger partial charge in [0.2, 0.25) is 5.13 Å². The molecule has 0 fully saturated rings. The number of carbonyl (C=O) groups excluding carboxylic acids is 3. The van der Waals surface area contributed by atoms with Crippen LogP contribution < -0.4 is 4.90 Å². The van der Waals surface area contributed by atoms with Crippen molar-refractivity contribution in [1.82, 2.24) is 15.1 Å². The Hall–Kier alpha value is -2.91. The summed E-state index contributed by atoms with van der Waals surface area (Å²) in [6.07, 6.45) is 0. The zero-order chi connectivity index (χ0) is 21.6. The predicted molar refractivity (Wildman–Crippen MR) is 118 cm³/mol. The number of amides is 3. The summed E-state index contributed by atoms with van der Waals surface area (Å²) in [5, 5.41) is 9.43. The minimum Gasteiger partial charge on any atom is -0.286 e. The van der Waals surface area contributed by atoms with Gasteiger partial charge in [-0.2, -0.15) is 0 Å². The first kappa shape index (κ1) is 20.4. The van der Waals surface area contributed by atoms with E-state index in [1.165, 1.54) is 33.3 Å². The van der Waals surface area contributed by atoms with Crippen molar-refractivity contribution >= 4 is 50.1 Å². The summed E-state index contributed by atoms with van der Waals surface area (Å²) in [6.45, 7) is 3.56. The Morgan fingerprint density at radius 1 is 1.03 bits per heavy atom. The van der Waals surface area contributed by atoms with E-state index in [-0.39, 0.29) is 29.3 Å². The van der Waals surface area contributed by atoms with Gasteiger partial charge < -0.3 is 0 Å². The number of anilines is 1. The van der Waals surface area contributed by atoms with E-state index in [2.05, 4.69) is 26.1 Å². The van der Waals surface area contributed by atoms with Gasteiger partial charge >= 0.3 is 0 Å². The monoisotopic (exact) mass is 484 g/mol. The number of carbonyl (C=O) groups is 3. The van der Waals surface area contributed by atoms with Crippen molar-refractivity contribution in [2.75, 3.05) is 11.9 Å². The molecule has 3 amide bonds. The molecule has 1 aliphatic heterocycles. The predicted octanol–water partition coefficient (Wildman–Crippen LogP) is 4.25. The molecule has 3 aromatic rings. The summed E-state index contributed by atoms with van der Waals surface area (Å²) in [6, 6.07) is 12.0. The van der Waals surface area contributed by atoms with Crippen LogP contribution in [0.5, 0.6) is 0 Å². The Labute approximate surface area is 185 Å². The molecule has 0 radical (unpaired) electrons. The smallest absolute Gasteiger partial charge is 0.261 e. The normalized spacial score (nSPS) is 13.2. The Morgan fingerprint density at radius 2 is 1.70 bits per heavy atom. The molecule has 0 bridgehead atoms. The molecule has 2 aromatic carbocycles. The van der Waals surface area contributed by atoms with Crippen LogP contribution in [0.3, 0.4) is 0 Å². The number of benzene rings is 2. The molecule has 4 rings (SSSR count). The number of nitrogens with zero attached hydrogens (tertiary/aromatic N) is 4. The molecule has 0 atom stereocenters. The lowest BCUT2D eigenvalue weighted by molar-refractivity contribution is 0.0609. The summed E-state index contributed by atoms with van der Waals surface area (Å²) in [5.74, 6) is -1.05. The number of aromatic nitrogens is 2. The summed E-state index contributed by atoms with van der Waals surface area (Å²) in [5.41, 5.74) is 1.78. The average Bonchev–Trinajstić information content (AvgIpc) is 3.31. The highest BCUT2D eigenvalue weighted by atomic mass is 79.9. The number of halogens is 1. The molecule has 7 nitrogen and oxygen atoms in total. The van der Waals surface area contributed by atoms with E-state index in [0.29, 0.717) is 21.3 Å². The van der Waals surface area contributed by atoms with Gasteiger partial charge in [-0.1, -0.05) is 39.4 Å². The van der Waals surface area contributed by atoms with Gasteiger partial charge in [0.05, 0.1) is 11.1 Å². The molecule has 2 heterocycles. The first-order chi connectivity index (χ1) is 14.3. The SMILES string of the molecule is CC(C)N1C(=O)c2ccc(C(=O)N(C)c3nnc(-c4ccc(Br)cc4)s3)cc2C1=O. The molecule has 1 aliphatic rings. The van der Waals surface area contributed by atoms with E-state index >= 15 is 0 Å². The fourth-order valence-electron chi connectivity index (χ4n) is 3.20. The van der Waals surface area contributed by atoms with Crippen LogP contribution in [0.2, 0.25) is 0 Å². The maximum atomic E-state index is 13.0. The Kier molecular flexibility index (Phi) is 5.25. The molecule has 1 aromatic heterocycles. The number of imide groups is 1. The molecule has 0 N–H and O–H groups in total. The largest absolute Gasteiger partial charge is 0.286 e. The minimum atomic E-state index is -0.379.